The smallest absolute Gasteiger partial charge is 0.251 e. The summed E-state index contributed by atoms with van der Waals surface area (Å²) in [7, 11) is -3.50. The maximum Gasteiger partial charge on any atom is 0.251 e. The molecule has 6 heteroatoms. The third kappa shape index (κ3) is 5.77. The number of rotatable bonds is 8. The van der Waals surface area contributed by atoms with E-state index >= 15 is 0 Å². The number of benzene rings is 3. The molecule has 1 N–H and O–H groups in total. The van der Waals surface area contributed by atoms with Crippen molar-refractivity contribution < 1.29 is 13.2 Å². The molecular formula is C26H30N2O3S. The Balaban J connectivity index is 1.79. The van der Waals surface area contributed by atoms with Gasteiger partial charge in [0, 0.05) is 5.56 Å². The second kappa shape index (κ2) is 10.0. The highest BCUT2D eigenvalue weighted by Crippen LogP contribution is 2.23. The first-order chi connectivity index (χ1) is 15.2. The Bertz CT molecular complexity index is 1170. The van der Waals surface area contributed by atoms with E-state index in [9.17, 15) is 13.2 Å². The lowest BCUT2D eigenvalue weighted by atomic mass is 10.0. The zero-order valence-corrected chi connectivity index (χ0v) is 19.8. The van der Waals surface area contributed by atoms with Crippen LogP contribution in [0.4, 0.5) is 5.69 Å². The van der Waals surface area contributed by atoms with Crippen LogP contribution >= 0.6 is 0 Å². The third-order valence-electron chi connectivity index (χ3n) is 5.59. The summed E-state index contributed by atoms with van der Waals surface area (Å²) < 4.78 is 26.3. The number of hydrogen-bond donors (Lipinski definition) is 1. The normalized spacial score (nSPS) is 12.2. The number of nitrogens with zero attached hydrogens (tertiary/aromatic N) is 1. The van der Waals surface area contributed by atoms with Crippen LogP contribution in [0.1, 0.15) is 52.0 Å². The summed E-state index contributed by atoms with van der Waals surface area (Å²) >= 11 is 0. The molecule has 1 atom stereocenters. The Morgan fingerprint density at radius 3 is 2.12 bits per heavy atom. The molecule has 0 radical (unpaired) electrons. The first-order valence-corrected chi connectivity index (χ1v) is 12.5. The molecule has 0 spiro atoms. The van der Waals surface area contributed by atoms with E-state index in [2.05, 4.69) is 5.32 Å². The summed E-state index contributed by atoms with van der Waals surface area (Å²) in [6.07, 6.45) is 1.96. The summed E-state index contributed by atoms with van der Waals surface area (Å²) in [6, 6.07) is 22.5. The Morgan fingerprint density at radius 2 is 1.56 bits per heavy atom. The largest absolute Gasteiger partial charge is 0.345 e. The number of nitrogens with one attached hydrogen (secondary N) is 1. The van der Waals surface area contributed by atoms with Gasteiger partial charge >= 0.3 is 0 Å². The molecule has 0 aliphatic carbocycles. The highest BCUT2D eigenvalue weighted by atomic mass is 32.2. The van der Waals surface area contributed by atoms with Crippen molar-refractivity contribution in [2.45, 2.75) is 39.8 Å². The van der Waals surface area contributed by atoms with E-state index in [1.807, 2.05) is 69.3 Å². The van der Waals surface area contributed by atoms with E-state index in [-0.39, 0.29) is 18.5 Å². The number of amides is 1. The van der Waals surface area contributed by atoms with Crippen molar-refractivity contribution in [3.05, 3.63) is 101 Å². The van der Waals surface area contributed by atoms with Crippen LogP contribution in [0.3, 0.4) is 0 Å². The van der Waals surface area contributed by atoms with Crippen LogP contribution in [0.5, 0.6) is 0 Å². The fourth-order valence-electron chi connectivity index (χ4n) is 3.58. The number of carbonyl (C=O) groups is 1. The highest BCUT2D eigenvalue weighted by molar-refractivity contribution is 7.92. The first-order valence-electron chi connectivity index (χ1n) is 10.7. The molecular weight excluding hydrogens is 420 g/mol. The van der Waals surface area contributed by atoms with Gasteiger partial charge in [-0.2, -0.15) is 0 Å². The zero-order chi connectivity index (χ0) is 23.3. The second-order valence-electron chi connectivity index (χ2n) is 8.09. The Morgan fingerprint density at radius 1 is 0.938 bits per heavy atom. The monoisotopic (exact) mass is 450 g/mol. The molecule has 0 heterocycles. The lowest BCUT2D eigenvalue weighted by molar-refractivity contribution is 0.0935. The maximum atomic E-state index is 12.8. The predicted octanol–water partition coefficient (Wildman–Crippen LogP) is 5.15. The second-order valence-corrected chi connectivity index (χ2v) is 9.99. The highest BCUT2D eigenvalue weighted by Gasteiger charge is 2.20. The van der Waals surface area contributed by atoms with E-state index in [0.29, 0.717) is 11.3 Å². The van der Waals surface area contributed by atoms with Crippen LogP contribution in [0.2, 0.25) is 0 Å². The van der Waals surface area contributed by atoms with Crippen molar-refractivity contribution >= 4 is 21.6 Å². The summed E-state index contributed by atoms with van der Waals surface area (Å²) in [4.78, 5) is 12.8. The maximum absolute atomic E-state index is 12.8. The molecule has 0 saturated carbocycles. The van der Waals surface area contributed by atoms with Gasteiger partial charge in [0.05, 0.1) is 24.5 Å². The molecule has 0 aliphatic rings. The lowest BCUT2D eigenvalue weighted by Gasteiger charge is -2.24. The fourth-order valence-corrected chi connectivity index (χ4v) is 4.46. The number of anilines is 1. The van der Waals surface area contributed by atoms with E-state index in [4.69, 9.17) is 0 Å². The van der Waals surface area contributed by atoms with Crippen LogP contribution < -0.4 is 9.62 Å². The van der Waals surface area contributed by atoms with E-state index in [1.165, 1.54) is 16.1 Å². The minimum absolute atomic E-state index is 0.0867. The average Bonchev–Trinajstić information content (AvgIpc) is 2.77. The van der Waals surface area contributed by atoms with Crippen LogP contribution in [0.15, 0.2) is 72.8 Å². The standard InChI is InChI=1S/C26H30N2O3S/c1-5-25(21-12-10-19(2)11-13-21)27-26(29)22-14-16-24(17-15-22)28(32(4,30)31)18-23-9-7-6-8-20(23)3/h6-17,25H,5,18H2,1-4H3,(H,27,29)/t25-/m1/s1. The van der Waals surface area contributed by atoms with E-state index in [0.717, 1.165) is 23.1 Å². The number of carbonyl (C=O) groups excluding carboxylic acids is 1. The molecule has 0 unspecified atom stereocenters. The molecule has 3 aromatic carbocycles. The SMILES string of the molecule is CC[C@@H](NC(=O)c1ccc(N(Cc2ccccc2C)S(C)(=O)=O)cc1)c1ccc(C)cc1. The number of sulfonamides is 1. The van der Waals surface area contributed by atoms with Crippen molar-refractivity contribution in [2.75, 3.05) is 10.6 Å². The fraction of sp³-hybridized carbons (Fsp3) is 0.269. The van der Waals surface area contributed by atoms with Crippen molar-refractivity contribution in [1.29, 1.82) is 0 Å². The van der Waals surface area contributed by atoms with Crippen LogP contribution in [0.25, 0.3) is 0 Å². The molecule has 1 amide bonds. The molecule has 0 saturated heterocycles. The Hall–Kier alpha value is -3.12. The Kier molecular flexibility index (Phi) is 7.36. The van der Waals surface area contributed by atoms with Crippen molar-refractivity contribution in [2.24, 2.45) is 0 Å². The lowest BCUT2D eigenvalue weighted by Crippen LogP contribution is -2.30. The van der Waals surface area contributed by atoms with Crippen LogP contribution in [0, 0.1) is 13.8 Å². The molecule has 0 aromatic heterocycles. The summed E-state index contributed by atoms with van der Waals surface area (Å²) in [5.74, 6) is -0.186. The van der Waals surface area contributed by atoms with Crippen molar-refractivity contribution in [3.8, 4) is 0 Å². The topological polar surface area (TPSA) is 66.5 Å². The molecule has 32 heavy (non-hydrogen) atoms. The molecule has 0 fully saturated rings. The van der Waals surface area contributed by atoms with Gasteiger partial charge < -0.3 is 5.32 Å². The molecule has 168 valence electrons. The van der Waals surface area contributed by atoms with Gasteiger partial charge in [-0.1, -0.05) is 61.0 Å². The van der Waals surface area contributed by atoms with Crippen LogP contribution in [-0.4, -0.2) is 20.6 Å². The van der Waals surface area contributed by atoms with E-state index in [1.54, 1.807) is 24.3 Å². The molecule has 3 aromatic rings. The third-order valence-corrected chi connectivity index (χ3v) is 6.73. The number of hydrogen-bond acceptors (Lipinski definition) is 3. The molecule has 5 nitrogen and oxygen atoms in total. The van der Waals surface area contributed by atoms with Gasteiger partial charge in [0.2, 0.25) is 10.0 Å². The first kappa shape index (κ1) is 23.5. The van der Waals surface area contributed by atoms with Gasteiger partial charge in [0.1, 0.15) is 0 Å². The van der Waals surface area contributed by atoms with Gasteiger partial charge in [-0.3, -0.25) is 9.10 Å². The summed E-state index contributed by atoms with van der Waals surface area (Å²) in [6.45, 7) is 6.26. The number of aryl methyl sites for hydroxylation is 2. The van der Waals surface area contributed by atoms with Crippen LogP contribution in [-0.2, 0) is 16.6 Å². The Labute approximate surface area is 191 Å². The quantitative estimate of drug-likeness (QED) is 0.516. The van der Waals surface area contributed by atoms with Crippen molar-refractivity contribution in [1.82, 2.24) is 5.32 Å². The van der Waals surface area contributed by atoms with Gasteiger partial charge in [0.15, 0.2) is 0 Å². The predicted molar refractivity (Wildman–Crippen MR) is 130 cm³/mol. The zero-order valence-electron chi connectivity index (χ0n) is 19.0. The average molecular weight is 451 g/mol. The van der Waals surface area contributed by atoms with Gasteiger partial charge in [-0.25, -0.2) is 8.42 Å². The molecule has 0 bridgehead atoms. The van der Waals surface area contributed by atoms with E-state index < -0.39 is 10.0 Å². The van der Waals surface area contributed by atoms with Gasteiger partial charge in [0.25, 0.3) is 5.91 Å². The minimum Gasteiger partial charge on any atom is -0.345 e. The molecule has 3 rings (SSSR count). The summed E-state index contributed by atoms with van der Waals surface area (Å²) in [5.41, 5.74) is 5.21. The van der Waals surface area contributed by atoms with Gasteiger partial charge in [-0.15, -0.1) is 0 Å². The minimum atomic E-state index is -3.50. The van der Waals surface area contributed by atoms with Gasteiger partial charge in [-0.05, 0) is 61.2 Å². The summed E-state index contributed by atoms with van der Waals surface area (Å²) in [5, 5.41) is 3.07. The van der Waals surface area contributed by atoms with Crippen molar-refractivity contribution in [3.63, 3.8) is 0 Å². The molecule has 0 aliphatic heterocycles.